The van der Waals surface area contributed by atoms with E-state index in [0.29, 0.717) is 95.7 Å². The highest BCUT2D eigenvalue weighted by Crippen LogP contribution is 2.41. The van der Waals surface area contributed by atoms with Gasteiger partial charge in [0.1, 0.15) is 18.0 Å². The maximum Gasteiger partial charge on any atom is 0.184 e. The standard InChI is InChI=1S/C32H37N3O5.C24H21NO4.C20H21NO4.C20H21NO2.4H2/c1-36-28-9-7-6-8-27(28)35-14-12-34(13-15-35)21-23-20-33-26(16-22-10-11-29(37-2)30(17-22)38-3)25-19-32(40-5)31(39-4)18-24(23)25;1-5-26-21-10-9-17(14-22(21)27-6-2)13-20-19-16-24(29-8-4)23(28-7-3)15-18(19)11-12-25-20;1-22-17-6-5-13(10-18(17)23-2)9-16-15-12-20(25-4)19(24-3)11-14(15)7-8-21-16;1-4-16-11-15-12-19(22-2)20(23-3)13-17(15)18(21-16)10-14-8-6-5-7-9-14;;;;/h6-11,17-20H,12-16,21H2,1-5H3;3-4,9-12,14-16H,5-6,13H2,1-2H3;5-8,10-12H,9H2,1-4H3;5-9,11-13H,4,10H2,1-3H3;4*1H. The third-order valence-electron chi connectivity index (χ3n) is 20.0. The summed E-state index contributed by atoms with van der Waals surface area (Å²) in [6.45, 7) is 11.7. The number of methoxy groups -OCH3 is 11. The zero-order valence-corrected chi connectivity index (χ0v) is 68.9. The number of piperazine rings is 1. The van der Waals surface area contributed by atoms with E-state index in [9.17, 15) is 0 Å². The van der Waals surface area contributed by atoms with E-state index in [1.165, 1.54) is 5.56 Å². The number of hydrogen-bond donors (Lipinski definition) is 0. The number of aromatic nitrogens is 4. The highest BCUT2D eigenvalue weighted by Gasteiger charge is 2.24. The van der Waals surface area contributed by atoms with Gasteiger partial charge in [0, 0.05) is 110 Å². The topological polar surface area (TPSA) is 196 Å². The highest BCUT2D eigenvalue weighted by atomic mass is 16.5. The smallest absolute Gasteiger partial charge is 0.184 e. The molecule has 1 aliphatic rings. The van der Waals surface area contributed by atoms with Crippen LogP contribution in [0, 0.1) is 25.1 Å². The van der Waals surface area contributed by atoms with E-state index in [2.05, 4.69) is 87.4 Å². The van der Waals surface area contributed by atoms with Crippen LogP contribution in [0.2, 0.25) is 0 Å². The second kappa shape index (κ2) is 41.5. The van der Waals surface area contributed by atoms with Gasteiger partial charge in [-0.05, 0) is 185 Å². The van der Waals surface area contributed by atoms with Gasteiger partial charge in [0.2, 0.25) is 0 Å². The Morgan fingerprint density at radius 3 is 1.25 bits per heavy atom. The molecule has 1 fully saturated rings. The average molecular weight is 1590 g/mol. The van der Waals surface area contributed by atoms with Crippen LogP contribution in [0.15, 0.2) is 195 Å². The molecule has 117 heavy (non-hydrogen) atoms. The summed E-state index contributed by atoms with van der Waals surface area (Å²) in [4.78, 5) is 23.8. The first-order valence-corrected chi connectivity index (χ1v) is 38.4. The van der Waals surface area contributed by atoms with Crippen LogP contribution in [0.4, 0.5) is 5.69 Å². The van der Waals surface area contributed by atoms with E-state index in [0.717, 1.165) is 168 Å². The molecule has 0 bridgehead atoms. The lowest BCUT2D eigenvalue weighted by Crippen LogP contribution is -2.46. The molecule has 0 aliphatic carbocycles. The summed E-state index contributed by atoms with van der Waals surface area (Å²) in [7, 11) is 18.2. The van der Waals surface area contributed by atoms with Gasteiger partial charge in [-0.3, -0.25) is 24.8 Å². The lowest BCUT2D eigenvalue weighted by atomic mass is 9.99. The molecule has 21 heteroatoms. The summed E-state index contributed by atoms with van der Waals surface area (Å²) in [5, 5.41) is 8.34. The van der Waals surface area contributed by atoms with Gasteiger partial charge in [0.05, 0.1) is 120 Å². The molecule has 0 spiro atoms. The Bertz CT molecular complexity index is 5650. The Hall–Kier alpha value is -13.5. The van der Waals surface area contributed by atoms with Gasteiger partial charge < -0.3 is 76.0 Å². The molecule has 5 heterocycles. The summed E-state index contributed by atoms with van der Waals surface area (Å²) in [6.07, 6.45) is 24.0. The number of terminal acetylenes is 2. The van der Waals surface area contributed by atoms with Crippen molar-refractivity contribution >= 4 is 48.8 Å². The zero-order chi connectivity index (χ0) is 82.7. The second-order valence-electron chi connectivity index (χ2n) is 26.9. The number of fused-ring (bicyclic) bond motifs is 4. The maximum absolute atomic E-state index is 5.73. The van der Waals surface area contributed by atoms with Crippen LogP contribution in [0.1, 0.15) is 82.8 Å². The number of benzene rings is 9. The van der Waals surface area contributed by atoms with Crippen molar-refractivity contribution in [3.63, 3.8) is 0 Å². The molecule has 21 nitrogen and oxygen atoms in total. The molecule has 4 aromatic heterocycles. The summed E-state index contributed by atoms with van der Waals surface area (Å²) >= 11 is 0. The molecule has 0 unspecified atom stereocenters. The lowest BCUT2D eigenvalue weighted by molar-refractivity contribution is 0.249. The summed E-state index contributed by atoms with van der Waals surface area (Å²) in [5.41, 5.74) is 11.7. The van der Waals surface area contributed by atoms with Crippen molar-refractivity contribution < 1.29 is 76.8 Å². The molecule has 0 amide bonds. The van der Waals surface area contributed by atoms with Gasteiger partial charge in [-0.15, -0.1) is 0 Å². The monoisotopic (exact) mass is 1580 g/mol. The van der Waals surface area contributed by atoms with Crippen LogP contribution in [0.25, 0.3) is 43.1 Å². The van der Waals surface area contributed by atoms with Crippen LogP contribution in [-0.2, 0) is 38.6 Å². The number of ether oxygens (including phenoxy) is 15. The molecule has 1 saturated heterocycles. The Morgan fingerprint density at radius 1 is 0.342 bits per heavy atom. The molecule has 0 saturated carbocycles. The quantitative estimate of drug-likeness (QED) is 0.0401. The van der Waals surface area contributed by atoms with Crippen LogP contribution < -0.4 is 76.0 Å². The molecule has 13 aromatic rings. The first-order valence-electron chi connectivity index (χ1n) is 38.4. The van der Waals surface area contributed by atoms with Crippen molar-refractivity contribution in [3.8, 4) is 111 Å². The average Bonchev–Trinajstić information content (AvgIpc) is 0.785. The zero-order valence-electron chi connectivity index (χ0n) is 68.9. The van der Waals surface area contributed by atoms with Crippen LogP contribution in [0.3, 0.4) is 0 Å². The fraction of sp³-hybridized carbons (Fsp3) is 0.271. The highest BCUT2D eigenvalue weighted by molar-refractivity contribution is 5.92. The third kappa shape index (κ3) is 20.7. The first-order chi connectivity index (χ1) is 57.2. The number of nitrogens with zero attached hydrogens (tertiary/aromatic N) is 6. The molecule has 0 radical (unpaired) electrons. The normalized spacial score (nSPS) is 11.6. The number of para-hydroxylation sites is 2. The Balaban J connectivity index is 0.000000225. The number of anilines is 1. The van der Waals surface area contributed by atoms with E-state index >= 15 is 0 Å². The Labute approximate surface area is 691 Å². The minimum atomic E-state index is 0. The van der Waals surface area contributed by atoms with E-state index in [1.807, 2.05) is 142 Å². The summed E-state index contributed by atoms with van der Waals surface area (Å²) in [6, 6.07) is 58.1. The maximum atomic E-state index is 5.73. The van der Waals surface area contributed by atoms with Crippen molar-refractivity contribution in [2.45, 2.75) is 59.4 Å². The van der Waals surface area contributed by atoms with E-state index < -0.39 is 0 Å². The minimum Gasteiger partial charge on any atom is -0.495 e. The van der Waals surface area contributed by atoms with Crippen molar-refractivity contribution in [2.24, 2.45) is 0 Å². The fourth-order valence-electron chi connectivity index (χ4n) is 14.2. The molecule has 1 aliphatic heterocycles. The second-order valence-corrected chi connectivity index (χ2v) is 26.9. The molecule has 0 atom stereocenters. The van der Waals surface area contributed by atoms with Crippen molar-refractivity contribution in [1.29, 1.82) is 0 Å². The van der Waals surface area contributed by atoms with Gasteiger partial charge in [0.15, 0.2) is 80.5 Å². The molecule has 0 N–H and O–H groups in total. The van der Waals surface area contributed by atoms with Crippen LogP contribution >= 0.6 is 0 Å². The number of hydrogen-bond acceptors (Lipinski definition) is 21. The predicted molar refractivity (Wildman–Crippen MR) is 469 cm³/mol. The number of aryl methyl sites for hydroxylation is 1. The van der Waals surface area contributed by atoms with Gasteiger partial charge in [-0.1, -0.05) is 80.4 Å². The third-order valence-corrected chi connectivity index (χ3v) is 20.0. The molecular formula is C96H108N6O15. The molecule has 9 aromatic carbocycles. The predicted octanol–water partition coefficient (Wildman–Crippen LogP) is 19.0. The molecule has 14 rings (SSSR count). The van der Waals surface area contributed by atoms with Gasteiger partial charge in [-0.2, -0.15) is 0 Å². The van der Waals surface area contributed by atoms with Crippen molar-refractivity contribution in [1.82, 2.24) is 24.8 Å². The van der Waals surface area contributed by atoms with Crippen LogP contribution in [-0.4, -0.2) is 142 Å². The van der Waals surface area contributed by atoms with Crippen LogP contribution in [0.5, 0.6) is 86.2 Å². The molecule has 612 valence electrons. The number of pyridine rings is 4. The molecular weight excluding hydrogens is 1480 g/mol. The van der Waals surface area contributed by atoms with Gasteiger partial charge in [-0.25, -0.2) is 0 Å². The number of rotatable bonds is 29. The van der Waals surface area contributed by atoms with Gasteiger partial charge in [0.25, 0.3) is 0 Å². The SMILES string of the molecule is C#COc1cc2ccnc(Cc3ccc(OCC)c(OCC)c3)c2cc1OC#C.CCc1cc2cc(OC)c(OC)cc2c(Cc2ccccc2)n1.COc1ccc(Cc2ncc(CN3CCN(c4ccccc4OC)CC3)c3cc(OC)c(OC)cc23)cc1OC.COc1ccc(Cc2nccc3cc(OC)c(OC)cc23)cc1OC.[HH].[HH].[HH].[HH]. The largest absolute Gasteiger partial charge is 0.495 e. The Morgan fingerprint density at radius 2 is 0.744 bits per heavy atom. The van der Waals surface area contributed by atoms with E-state index in [4.69, 9.17) is 93.9 Å². The lowest BCUT2D eigenvalue weighted by Gasteiger charge is -2.36. The Kier molecular flexibility index (Phi) is 29.9. The van der Waals surface area contributed by atoms with E-state index in [1.54, 1.807) is 96.5 Å². The first kappa shape index (κ1) is 84.4. The summed E-state index contributed by atoms with van der Waals surface area (Å²) < 4.78 is 82.0. The van der Waals surface area contributed by atoms with E-state index in [-0.39, 0.29) is 5.71 Å². The van der Waals surface area contributed by atoms with Gasteiger partial charge >= 0.3 is 0 Å². The van der Waals surface area contributed by atoms with Crippen molar-refractivity contribution in [3.05, 3.63) is 251 Å². The summed E-state index contributed by atoms with van der Waals surface area (Å²) in [5.74, 6) is 10.2. The van der Waals surface area contributed by atoms with Crippen molar-refractivity contribution in [2.75, 3.05) is 123 Å². The fourth-order valence-corrected chi connectivity index (χ4v) is 14.2. The minimum absolute atomic E-state index is 0.